The molecule has 2 heterocycles. The number of aromatic carboxylic acids is 1. The zero-order chi connectivity index (χ0) is 13.2. The van der Waals surface area contributed by atoms with Crippen molar-refractivity contribution in [2.24, 2.45) is 0 Å². The highest BCUT2D eigenvalue weighted by Gasteiger charge is 2.13. The first-order valence-electron chi connectivity index (χ1n) is 5.50. The van der Waals surface area contributed by atoms with E-state index in [0.29, 0.717) is 5.69 Å². The smallest absolute Gasteiger partial charge is 0.353 e. The predicted molar refractivity (Wildman–Crippen MR) is 65.9 cm³/mol. The van der Waals surface area contributed by atoms with Gasteiger partial charge in [-0.2, -0.15) is 5.10 Å². The summed E-state index contributed by atoms with van der Waals surface area (Å²) in [4.78, 5) is 10.9. The van der Waals surface area contributed by atoms with Gasteiger partial charge in [-0.05, 0) is 12.1 Å². The summed E-state index contributed by atoms with van der Waals surface area (Å²) in [6.07, 6.45) is 3.29. The van der Waals surface area contributed by atoms with Crippen LogP contribution in [0.2, 0.25) is 0 Å². The third-order valence-corrected chi connectivity index (χ3v) is 2.66. The van der Waals surface area contributed by atoms with E-state index < -0.39 is 5.97 Å². The molecule has 19 heavy (non-hydrogen) atoms. The van der Waals surface area contributed by atoms with Gasteiger partial charge in [0.15, 0.2) is 0 Å². The van der Waals surface area contributed by atoms with Crippen molar-refractivity contribution in [3.63, 3.8) is 0 Å². The summed E-state index contributed by atoms with van der Waals surface area (Å²) in [5, 5.41) is 23.1. The van der Waals surface area contributed by atoms with Gasteiger partial charge in [0.2, 0.25) is 0 Å². The maximum absolute atomic E-state index is 10.9. The quantitative estimate of drug-likeness (QED) is 0.736. The summed E-state index contributed by atoms with van der Waals surface area (Å²) < 4.78 is 1.60. The Morgan fingerprint density at radius 1 is 1.32 bits per heavy atom. The highest BCUT2D eigenvalue weighted by atomic mass is 16.4. The third-order valence-electron chi connectivity index (χ3n) is 2.66. The Bertz CT molecular complexity index is 717. The largest absolute Gasteiger partial charge is 0.477 e. The minimum atomic E-state index is -1.04. The second-order valence-electron chi connectivity index (χ2n) is 3.84. The molecule has 0 atom stereocenters. The summed E-state index contributed by atoms with van der Waals surface area (Å²) in [5.74, 6) is -1.04. The van der Waals surface area contributed by atoms with Gasteiger partial charge in [-0.1, -0.05) is 23.4 Å². The maximum atomic E-state index is 10.9. The molecule has 94 valence electrons. The summed E-state index contributed by atoms with van der Waals surface area (Å²) >= 11 is 0. The second kappa shape index (κ2) is 4.37. The second-order valence-corrected chi connectivity index (χ2v) is 3.84. The topological polar surface area (TPSA) is 96.7 Å². The first kappa shape index (κ1) is 11.1. The number of aromatic amines is 1. The number of carboxylic acid groups (broad SMARTS) is 1. The number of carbonyl (C=O) groups is 1. The van der Waals surface area contributed by atoms with Gasteiger partial charge in [0.05, 0.1) is 23.8 Å². The van der Waals surface area contributed by atoms with E-state index in [4.69, 9.17) is 5.11 Å². The standard InChI is InChI=1S/C12H9N5O2/c18-12(19)10-7-9(14-15-10)8-3-1-2-4-11(8)17-6-5-13-16-17/h1-7H,(H,14,15)(H,18,19). The van der Waals surface area contributed by atoms with Crippen LogP contribution in [-0.2, 0) is 0 Å². The van der Waals surface area contributed by atoms with E-state index in [1.165, 1.54) is 6.07 Å². The van der Waals surface area contributed by atoms with Crippen LogP contribution in [0.25, 0.3) is 16.9 Å². The Hall–Kier alpha value is -2.96. The number of para-hydroxylation sites is 1. The molecule has 2 N–H and O–H groups in total. The monoisotopic (exact) mass is 255 g/mol. The Morgan fingerprint density at radius 3 is 2.84 bits per heavy atom. The molecule has 0 spiro atoms. The van der Waals surface area contributed by atoms with Gasteiger partial charge in [-0.25, -0.2) is 9.48 Å². The van der Waals surface area contributed by atoms with E-state index in [1.807, 2.05) is 24.3 Å². The first-order chi connectivity index (χ1) is 9.25. The number of H-pyrrole nitrogens is 1. The molecular weight excluding hydrogens is 246 g/mol. The lowest BCUT2D eigenvalue weighted by molar-refractivity contribution is 0.0690. The molecule has 7 heteroatoms. The number of nitrogens with zero attached hydrogens (tertiary/aromatic N) is 4. The number of rotatable bonds is 3. The van der Waals surface area contributed by atoms with Crippen molar-refractivity contribution in [3.05, 3.63) is 48.4 Å². The molecule has 0 aliphatic heterocycles. The van der Waals surface area contributed by atoms with E-state index in [-0.39, 0.29) is 5.69 Å². The van der Waals surface area contributed by atoms with Crippen molar-refractivity contribution >= 4 is 5.97 Å². The molecule has 2 aromatic heterocycles. The Balaban J connectivity index is 2.12. The van der Waals surface area contributed by atoms with E-state index in [0.717, 1.165) is 11.3 Å². The number of benzene rings is 1. The fourth-order valence-corrected chi connectivity index (χ4v) is 1.80. The van der Waals surface area contributed by atoms with Crippen molar-refractivity contribution in [2.75, 3.05) is 0 Å². The van der Waals surface area contributed by atoms with E-state index >= 15 is 0 Å². The molecule has 0 radical (unpaired) electrons. The molecule has 0 saturated heterocycles. The van der Waals surface area contributed by atoms with Gasteiger partial charge in [0.1, 0.15) is 5.69 Å². The summed E-state index contributed by atoms with van der Waals surface area (Å²) in [6, 6.07) is 8.91. The molecule has 3 aromatic rings. The zero-order valence-electron chi connectivity index (χ0n) is 9.69. The van der Waals surface area contributed by atoms with Gasteiger partial charge < -0.3 is 5.11 Å². The number of hydrogen-bond donors (Lipinski definition) is 2. The van der Waals surface area contributed by atoms with Crippen LogP contribution in [0, 0.1) is 0 Å². The van der Waals surface area contributed by atoms with Crippen LogP contribution in [0.5, 0.6) is 0 Å². The van der Waals surface area contributed by atoms with Crippen molar-refractivity contribution < 1.29 is 9.90 Å². The van der Waals surface area contributed by atoms with Crippen LogP contribution >= 0.6 is 0 Å². The molecule has 1 aromatic carbocycles. The molecule has 0 fully saturated rings. The van der Waals surface area contributed by atoms with Crippen molar-refractivity contribution in [3.8, 4) is 16.9 Å². The van der Waals surface area contributed by atoms with E-state index in [2.05, 4.69) is 20.5 Å². The van der Waals surface area contributed by atoms with Crippen LogP contribution in [0.3, 0.4) is 0 Å². The molecule has 0 unspecified atom stereocenters. The number of hydrogen-bond acceptors (Lipinski definition) is 4. The number of carboxylic acids is 1. The minimum absolute atomic E-state index is 0.0448. The first-order valence-corrected chi connectivity index (χ1v) is 5.50. The molecule has 0 saturated carbocycles. The Kier molecular flexibility index (Phi) is 2.57. The number of aromatic nitrogens is 5. The molecule has 3 rings (SSSR count). The van der Waals surface area contributed by atoms with E-state index in [9.17, 15) is 4.79 Å². The van der Waals surface area contributed by atoms with Gasteiger partial charge in [0.25, 0.3) is 0 Å². The lowest BCUT2D eigenvalue weighted by Gasteiger charge is -2.05. The summed E-state index contributed by atoms with van der Waals surface area (Å²) in [6.45, 7) is 0. The third kappa shape index (κ3) is 1.97. The molecule has 7 nitrogen and oxygen atoms in total. The van der Waals surface area contributed by atoms with Gasteiger partial charge in [0, 0.05) is 5.56 Å². The highest BCUT2D eigenvalue weighted by Crippen LogP contribution is 2.24. The normalized spacial score (nSPS) is 10.5. The lowest BCUT2D eigenvalue weighted by atomic mass is 10.1. The van der Waals surface area contributed by atoms with Crippen molar-refractivity contribution in [1.82, 2.24) is 25.2 Å². The highest BCUT2D eigenvalue weighted by molar-refractivity contribution is 5.87. The average molecular weight is 255 g/mol. The fraction of sp³-hybridized carbons (Fsp3) is 0. The van der Waals surface area contributed by atoms with Crippen LogP contribution in [0.4, 0.5) is 0 Å². The Morgan fingerprint density at radius 2 is 2.16 bits per heavy atom. The van der Waals surface area contributed by atoms with Gasteiger partial charge in [-0.15, -0.1) is 5.10 Å². The van der Waals surface area contributed by atoms with Crippen LogP contribution in [0.1, 0.15) is 10.5 Å². The van der Waals surface area contributed by atoms with Crippen LogP contribution in [-0.4, -0.2) is 36.3 Å². The van der Waals surface area contributed by atoms with E-state index in [1.54, 1.807) is 17.1 Å². The van der Waals surface area contributed by atoms with Crippen LogP contribution < -0.4 is 0 Å². The summed E-state index contributed by atoms with van der Waals surface area (Å²) in [5.41, 5.74) is 2.15. The minimum Gasteiger partial charge on any atom is -0.477 e. The molecule has 0 amide bonds. The van der Waals surface area contributed by atoms with Crippen molar-refractivity contribution in [2.45, 2.75) is 0 Å². The SMILES string of the molecule is O=C(O)c1cc(-c2ccccc2-n2ccnn2)n[nH]1. The van der Waals surface area contributed by atoms with Crippen LogP contribution in [0.15, 0.2) is 42.7 Å². The van der Waals surface area contributed by atoms with Crippen molar-refractivity contribution in [1.29, 1.82) is 0 Å². The predicted octanol–water partition coefficient (Wildman–Crippen LogP) is 1.36. The fourth-order valence-electron chi connectivity index (χ4n) is 1.80. The molecule has 0 aliphatic rings. The Labute approximate surface area is 107 Å². The maximum Gasteiger partial charge on any atom is 0.353 e. The summed E-state index contributed by atoms with van der Waals surface area (Å²) in [7, 11) is 0. The average Bonchev–Trinajstić information content (AvgIpc) is 3.10. The van der Waals surface area contributed by atoms with Gasteiger partial charge >= 0.3 is 5.97 Å². The van der Waals surface area contributed by atoms with Gasteiger partial charge in [-0.3, -0.25) is 5.10 Å². The molecular formula is C12H9N5O2. The number of nitrogens with one attached hydrogen (secondary N) is 1. The molecule has 0 aliphatic carbocycles. The lowest BCUT2D eigenvalue weighted by Crippen LogP contribution is -1.98. The zero-order valence-corrected chi connectivity index (χ0v) is 9.69. The molecule has 0 bridgehead atoms.